The molecule has 1 aliphatic rings. The number of thiophene rings is 1. The Labute approximate surface area is 199 Å². The summed E-state index contributed by atoms with van der Waals surface area (Å²) in [7, 11) is 0. The van der Waals surface area contributed by atoms with Gasteiger partial charge in [-0.15, -0.1) is 11.3 Å². The van der Waals surface area contributed by atoms with Crippen LogP contribution in [0.1, 0.15) is 49.3 Å². The second-order valence-electron chi connectivity index (χ2n) is 8.79. The highest BCUT2D eigenvalue weighted by Gasteiger charge is 2.16. The van der Waals surface area contributed by atoms with E-state index in [0.717, 1.165) is 29.8 Å². The second kappa shape index (κ2) is 9.29. The lowest BCUT2D eigenvalue weighted by atomic mass is 9.95. The van der Waals surface area contributed by atoms with E-state index in [2.05, 4.69) is 92.3 Å². The highest BCUT2D eigenvalue weighted by Crippen LogP contribution is 2.38. The molecule has 4 aromatic rings. The zero-order chi connectivity index (χ0) is 22.8. The summed E-state index contributed by atoms with van der Waals surface area (Å²) < 4.78 is 2.67. The van der Waals surface area contributed by atoms with Gasteiger partial charge in [0.15, 0.2) is 0 Å². The zero-order valence-corrected chi connectivity index (χ0v) is 20.0. The molecule has 0 saturated heterocycles. The average Bonchev–Trinajstić information content (AvgIpc) is 3.24. The van der Waals surface area contributed by atoms with E-state index < -0.39 is 0 Å². The Morgan fingerprint density at radius 2 is 1.82 bits per heavy atom. The fourth-order valence-corrected chi connectivity index (χ4v) is 5.66. The first kappa shape index (κ1) is 21.5. The van der Waals surface area contributed by atoms with Gasteiger partial charge >= 0.3 is 0 Å². The molecule has 0 amide bonds. The van der Waals surface area contributed by atoms with Gasteiger partial charge < -0.3 is 0 Å². The number of benzene rings is 3. The molecule has 0 bridgehead atoms. The van der Waals surface area contributed by atoms with Crippen molar-refractivity contribution in [2.75, 3.05) is 0 Å². The highest BCUT2D eigenvalue weighted by molar-refractivity contribution is 7.26. The predicted octanol–water partition coefficient (Wildman–Crippen LogP) is 8.78. The molecule has 3 heteroatoms. The Balaban J connectivity index is 1.68. The normalized spacial score (nSPS) is 14.3. The smallest absolute Gasteiger partial charge is 0.0741 e. The monoisotopic (exact) mass is 448 g/mol. The molecule has 33 heavy (non-hydrogen) atoms. The van der Waals surface area contributed by atoms with Crippen LogP contribution >= 0.6 is 11.3 Å². The number of aliphatic imine (C=N–C) groups is 2. The lowest BCUT2D eigenvalue weighted by Gasteiger charge is -2.14. The number of hydrogen-bond acceptors (Lipinski definition) is 3. The summed E-state index contributed by atoms with van der Waals surface area (Å²) in [6, 6.07) is 21.6. The SMILES string of the molecule is C=Nc1ccccc1C(=NCc1cc(C(C)C)cc2c1sc1ccccc12)C1=CCCC=C1. The Bertz CT molecular complexity index is 1430. The molecule has 0 N–H and O–H groups in total. The van der Waals surface area contributed by atoms with Crippen LogP contribution in [0.2, 0.25) is 0 Å². The van der Waals surface area contributed by atoms with Crippen molar-refractivity contribution < 1.29 is 0 Å². The third-order valence-electron chi connectivity index (χ3n) is 6.25. The van der Waals surface area contributed by atoms with Crippen LogP contribution in [-0.4, -0.2) is 12.4 Å². The van der Waals surface area contributed by atoms with Crippen LogP contribution in [0.25, 0.3) is 20.2 Å². The van der Waals surface area contributed by atoms with Gasteiger partial charge in [0.25, 0.3) is 0 Å². The van der Waals surface area contributed by atoms with E-state index in [4.69, 9.17) is 4.99 Å². The predicted molar refractivity (Wildman–Crippen MR) is 146 cm³/mol. The Morgan fingerprint density at radius 1 is 1.00 bits per heavy atom. The van der Waals surface area contributed by atoms with Gasteiger partial charge in [0, 0.05) is 25.7 Å². The van der Waals surface area contributed by atoms with Crippen LogP contribution in [0.5, 0.6) is 0 Å². The molecule has 0 fully saturated rings. The molecule has 0 aliphatic heterocycles. The number of allylic oxidation sites excluding steroid dienone is 4. The number of para-hydroxylation sites is 1. The average molecular weight is 449 g/mol. The van der Waals surface area contributed by atoms with Crippen LogP contribution < -0.4 is 0 Å². The molecule has 0 unspecified atom stereocenters. The van der Waals surface area contributed by atoms with E-state index >= 15 is 0 Å². The standard InChI is InChI=1S/C30H28N2S/c1-20(2)22-17-23(30-26(18-22)24-13-8-10-16-28(24)33-30)19-32-29(21-11-5-4-6-12-21)25-14-7-9-15-27(25)31-3/h5,7-18,20H,3-4,6,19H2,1-2H3. The first-order chi connectivity index (χ1) is 16.2. The van der Waals surface area contributed by atoms with E-state index in [1.54, 1.807) is 0 Å². The van der Waals surface area contributed by atoms with Crippen molar-refractivity contribution in [1.29, 1.82) is 0 Å². The number of rotatable bonds is 6. The molecule has 2 nitrogen and oxygen atoms in total. The molecule has 0 spiro atoms. The van der Waals surface area contributed by atoms with E-state index in [-0.39, 0.29) is 0 Å². The van der Waals surface area contributed by atoms with Gasteiger partial charge in [0.05, 0.1) is 17.9 Å². The van der Waals surface area contributed by atoms with Crippen LogP contribution in [0, 0.1) is 0 Å². The lowest BCUT2D eigenvalue weighted by molar-refractivity contribution is 0.865. The van der Waals surface area contributed by atoms with E-state index in [9.17, 15) is 0 Å². The Kier molecular flexibility index (Phi) is 6.06. The molecule has 0 radical (unpaired) electrons. The summed E-state index contributed by atoms with van der Waals surface area (Å²) in [5.74, 6) is 0.463. The van der Waals surface area contributed by atoms with Crippen LogP contribution in [0.3, 0.4) is 0 Å². The van der Waals surface area contributed by atoms with Gasteiger partial charge in [-0.25, -0.2) is 0 Å². The summed E-state index contributed by atoms with van der Waals surface area (Å²) in [5, 5.41) is 2.68. The van der Waals surface area contributed by atoms with Gasteiger partial charge in [0.1, 0.15) is 0 Å². The number of fused-ring (bicyclic) bond motifs is 3. The molecule has 1 aliphatic carbocycles. The van der Waals surface area contributed by atoms with Gasteiger partial charge in [-0.1, -0.05) is 74.5 Å². The molecule has 0 saturated carbocycles. The van der Waals surface area contributed by atoms with Crippen molar-refractivity contribution in [1.82, 2.24) is 0 Å². The van der Waals surface area contributed by atoms with E-state index in [1.165, 1.54) is 36.9 Å². The number of nitrogens with zero attached hydrogens (tertiary/aromatic N) is 2. The fourth-order valence-electron chi connectivity index (χ4n) is 4.47. The summed E-state index contributed by atoms with van der Waals surface area (Å²) in [5.41, 5.74) is 6.74. The van der Waals surface area contributed by atoms with Crippen LogP contribution in [0.15, 0.2) is 94.4 Å². The van der Waals surface area contributed by atoms with Crippen molar-refractivity contribution in [3.05, 3.63) is 101 Å². The van der Waals surface area contributed by atoms with Crippen molar-refractivity contribution in [3.63, 3.8) is 0 Å². The summed E-state index contributed by atoms with van der Waals surface area (Å²) in [6.07, 6.45) is 8.84. The van der Waals surface area contributed by atoms with Crippen molar-refractivity contribution in [2.24, 2.45) is 9.98 Å². The first-order valence-electron chi connectivity index (χ1n) is 11.6. The fraction of sp³-hybridized carbons (Fsp3) is 0.200. The maximum Gasteiger partial charge on any atom is 0.0741 e. The topological polar surface area (TPSA) is 24.7 Å². The van der Waals surface area contributed by atoms with Crippen LogP contribution in [0.4, 0.5) is 5.69 Å². The second-order valence-corrected chi connectivity index (χ2v) is 9.84. The molecule has 3 aromatic carbocycles. The summed E-state index contributed by atoms with van der Waals surface area (Å²) in [6.45, 7) is 8.95. The number of hydrogen-bond donors (Lipinski definition) is 0. The molecular formula is C30H28N2S. The zero-order valence-electron chi connectivity index (χ0n) is 19.2. The van der Waals surface area contributed by atoms with Crippen LogP contribution in [-0.2, 0) is 6.54 Å². The maximum absolute atomic E-state index is 5.23. The molecular weight excluding hydrogens is 420 g/mol. The van der Waals surface area contributed by atoms with Crippen molar-refractivity contribution in [2.45, 2.75) is 39.2 Å². The minimum atomic E-state index is 0.463. The van der Waals surface area contributed by atoms with E-state index in [1.807, 2.05) is 23.5 Å². The summed E-state index contributed by atoms with van der Waals surface area (Å²) >= 11 is 1.87. The third-order valence-corrected chi connectivity index (χ3v) is 7.51. The Hall–Kier alpha value is -3.30. The molecule has 0 atom stereocenters. The quantitative estimate of drug-likeness (QED) is 0.263. The van der Waals surface area contributed by atoms with Gasteiger partial charge in [-0.3, -0.25) is 9.98 Å². The largest absolute Gasteiger partial charge is 0.279 e. The van der Waals surface area contributed by atoms with Gasteiger partial charge in [-0.2, -0.15) is 0 Å². The highest BCUT2D eigenvalue weighted by atomic mass is 32.1. The van der Waals surface area contributed by atoms with Crippen molar-refractivity contribution in [3.8, 4) is 0 Å². The first-order valence-corrected chi connectivity index (χ1v) is 12.4. The van der Waals surface area contributed by atoms with Crippen molar-refractivity contribution >= 4 is 49.6 Å². The Morgan fingerprint density at radius 3 is 2.61 bits per heavy atom. The molecule has 1 heterocycles. The minimum absolute atomic E-state index is 0.463. The van der Waals surface area contributed by atoms with Gasteiger partial charge in [0.2, 0.25) is 0 Å². The molecule has 5 rings (SSSR count). The minimum Gasteiger partial charge on any atom is -0.279 e. The molecule has 1 aromatic heterocycles. The molecule has 164 valence electrons. The maximum atomic E-state index is 5.23. The van der Waals surface area contributed by atoms with Gasteiger partial charge in [-0.05, 0) is 60.4 Å². The third kappa shape index (κ3) is 4.21. The lowest BCUT2D eigenvalue weighted by Crippen LogP contribution is -2.07. The van der Waals surface area contributed by atoms with E-state index in [0.29, 0.717) is 12.5 Å². The summed E-state index contributed by atoms with van der Waals surface area (Å²) in [4.78, 5) is 9.51.